The molecule has 1 saturated heterocycles. The zero-order valence-electron chi connectivity index (χ0n) is 21.0. The van der Waals surface area contributed by atoms with E-state index in [0.717, 1.165) is 44.5 Å². The molecule has 2 aromatic rings. The Morgan fingerprint density at radius 2 is 1.75 bits per heavy atom. The van der Waals surface area contributed by atoms with E-state index in [4.69, 9.17) is 9.47 Å². The Morgan fingerprint density at radius 3 is 2.42 bits per heavy atom. The number of nitrogens with one attached hydrogen (secondary N) is 1. The minimum absolute atomic E-state index is 0.118. The monoisotopic (exact) mass is 492 g/mol. The number of rotatable bonds is 8. The lowest BCUT2D eigenvalue weighted by Crippen LogP contribution is -2.45. The molecule has 8 nitrogen and oxygen atoms in total. The number of carbonyl (C=O) groups is 3. The second kappa shape index (κ2) is 11.4. The number of ketones is 1. The van der Waals surface area contributed by atoms with E-state index >= 15 is 0 Å². The Balaban J connectivity index is 1.19. The van der Waals surface area contributed by atoms with Gasteiger partial charge in [0.25, 0.3) is 5.91 Å². The van der Waals surface area contributed by atoms with Gasteiger partial charge in [-0.3, -0.25) is 9.59 Å². The number of nitrogens with zero attached hydrogens (tertiary/aromatic N) is 1. The average molecular weight is 493 g/mol. The van der Waals surface area contributed by atoms with Crippen LogP contribution in [0.2, 0.25) is 0 Å². The third-order valence-electron chi connectivity index (χ3n) is 6.45. The van der Waals surface area contributed by atoms with Crippen molar-refractivity contribution in [3.05, 3.63) is 70.5 Å². The predicted molar refractivity (Wildman–Crippen MR) is 135 cm³/mol. The van der Waals surface area contributed by atoms with Crippen LogP contribution in [0, 0.1) is 0 Å². The van der Waals surface area contributed by atoms with Gasteiger partial charge >= 0.3 is 5.97 Å². The fourth-order valence-electron chi connectivity index (χ4n) is 4.45. The third-order valence-corrected chi connectivity index (χ3v) is 6.45. The maximum absolute atomic E-state index is 12.7. The summed E-state index contributed by atoms with van der Waals surface area (Å²) in [6, 6.07) is 12.0. The maximum Gasteiger partial charge on any atom is 0.337 e. The number of hydrogen-bond donors (Lipinski definition) is 1. The lowest BCUT2D eigenvalue weighted by molar-refractivity contribution is 0.0600. The van der Waals surface area contributed by atoms with Crippen LogP contribution < -0.4 is 14.8 Å². The normalized spacial score (nSPS) is 15.8. The summed E-state index contributed by atoms with van der Waals surface area (Å²) >= 11 is 0. The van der Waals surface area contributed by atoms with E-state index in [-0.39, 0.29) is 17.7 Å². The van der Waals surface area contributed by atoms with Gasteiger partial charge in [-0.25, -0.2) is 4.79 Å². The Labute approximate surface area is 211 Å². The van der Waals surface area contributed by atoms with Crippen molar-refractivity contribution >= 4 is 17.7 Å². The topological polar surface area (TPSA) is 94.2 Å². The summed E-state index contributed by atoms with van der Waals surface area (Å²) in [7, 11) is 1.33. The van der Waals surface area contributed by atoms with Crippen LogP contribution in [-0.4, -0.2) is 62.0 Å². The van der Waals surface area contributed by atoms with Gasteiger partial charge in [0, 0.05) is 31.2 Å². The van der Waals surface area contributed by atoms with Crippen molar-refractivity contribution in [3.8, 4) is 11.5 Å². The highest BCUT2D eigenvalue weighted by atomic mass is 16.5. The first kappa shape index (κ1) is 25.4. The van der Waals surface area contributed by atoms with Crippen LogP contribution in [-0.2, 0) is 4.74 Å². The van der Waals surface area contributed by atoms with E-state index in [1.54, 1.807) is 30.3 Å². The third kappa shape index (κ3) is 5.76. The van der Waals surface area contributed by atoms with Crippen molar-refractivity contribution < 1.29 is 28.6 Å². The molecule has 36 heavy (non-hydrogen) atoms. The van der Waals surface area contributed by atoms with E-state index in [2.05, 4.69) is 15.0 Å². The molecule has 0 spiro atoms. The molecule has 0 aromatic heterocycles. The van der Waals surface area contributed by atoms with E-state index in [1.165, 1.54) is 7.11 Å². The number of Topliss-reactive ketones (excluding diaryl/α,β-unsaturated/α-hetero) is 1. The van der Waals surface area contributed by atoms with Gasteiger partial charge in [-0.05, 0) is 75.1 Å². The number of piperidine rings is 1. The number of allylic oxidation sites excluding steroid dienone is 2. The number of methoxy groups -OCH3 is 1. The van der Waals surface area contributed by atoms with Crippen molar-refractivity contribution in [2.75, 3.05) is 33.4 Å². The molecule has 1 fully saturated rings. The summed E-state index contributed by atoms with van der Waals surface area (Å²) in [5.74, 6) is 0.821. The van der Waals surface area contributed by atoms with Crippen LogP contribution in [0.25, 0.3) is 0 Å². The van der Waals surface area contributed by atoms with Crippen LogP contribution in [0.15, 0.2) is 53.8 Å². The Morgan fingerprint density at radius 1 is 1.06 bits per heavy atom. The van der Waals surface area contributed by atoms with Crippen LogP contribution in [0.4, 0.5) is 0 Å². The van der Waals surface area contributed by atoms with Gasteiger partial charge in [-0.1, -0.05) is 6.07 Å². The summed E-state index contributed by atoms with van der Waals surface area (Å²) in [6.07, 6.45) is 2.57. The molecule has 1 amide bonds. The SMILES string of the molecule is COC(=O)c1ccc(C(=O)NC2CCN(CCCOc3cccc4c3C(=O)C(=C(C)C)O4)CC2)cc1. The Hall–Kier alpha value is -3.65. The lowest BCUT2D eigenvalue weighted by Gasteiger charge is -2.32. The molecule has 2 aliphatic heterocycles. The molecule has 0 bridgehead atoms. The quantitative estimate of drug-likeness (QED) is 0.338. The molecule has 0 saturated carbocycles. The standard InChI is InChI=1S/C28H32N2O6/c1-18(2)26-25(31)24-22(6-4-7-23(24)36-26)35-17-5-14-30-15-12-21(13-16-30)29-27(32)19-8-10-20(11-9-19)28(33)34-3/h4,6-11,21H,5,12-17H2,1-3H3,(H,29,32). The average Bonchev–Trinajstić information content (AvgIpc) is 3.24. The zero-order chi connectivity index (χ0) is 25.7. The van der Waals surface area contributed by atoms with Crippen LogP contribution >= 0.6 is 0 Å². The van der Waals surface area contributed by atoms with Crippen molar-refractivity contribution in [1.29, 1.82) is 0 Å². The molecule has 8 heteroatoms. The van der Waals surface area contributed by atoms with E-state index < -0.39 is 5.97 Å². The number of ether oxygens (including phenoxy) is 3. The van der Waals surface area contributed by atoms with Gasteiger partial charge in [0.1, 0.15) is 17.1 Å². The molecule has 190 valence electrons. The molecule has 0 unspecified atom stereocenters. The first-order valence-corrected chi connectivity index (χ1v) is 12.2. The molecule has 4 rings (SSSR count). The first-order chi connectivity index (χ1) is 17.4. The highest BCUT2D eigenvalue weighted by molar-refractivity contribution is 6.14. The largest absolute Gasteiger partial charge is 0.493 e. The number of likely N-dealkylation sites (tertiary alicyclic amines) is 1. The second-order valence-corrected chi connectivity index (χ2v) is 9.25. The van der Waals surface area contributed by atoms with Gasteiger partial charge in [0.2, 0.25) is 5.78 Å². The van der Waals surface area contributed by atoms with Crippen LogP contribution in [0.3, 0.4) is 0 Å². The second-order valence-electron chi connectivity index (χ2n) is 9.25. The Kier molecular flexibility index (Phi) is 8.05. The van der Waals surface area contributed by atoms with Crippen molar-refractivity contribution in [1.82, 2.24) is 10.2 Å². The van der Waals surface area contributed by atoms with Crippen molar-refractivity contribution in [2.24, 2.45) is 0 Å². The number of benzene rings is 2. The van der Waals surface area contributed by atoms with Crippen LogP contribution in [0.1, 0.15) is 64.2 Å². The number of hydrogen-bond acceptors (Lipinski definition) is 7. The minimum Gasteiger partial charge on any atom is -0.493 e. The summed E-state index contributed by atoms with van der Waals surface area (Å²) in [4.78, 5) is 39.1. The number of fused-ring (bicyclic) bond motifs is 1. The van der Waals surface area contributed by atoms with E-state index in [0.29, 0.717) is 40.6 Å². The predicted octanol–water partition coefficient (Wildman–Crippen LogP) is 4.01. The van der Waals surface area contributed by atoms with Gasteiger partial charge in [0.15, 0.2) is 5.76 Å². The molecule has 2 aliphatic rings. The summed E-state index contributed by atoms with van der Waals surface area (Å²) in [5.41, 5.74) is 2.29. The van der Waals surface area contributed by atoms with Crippen molar-refractivity contribution in [2.45, 2.75) is 39.2 Å². The molecular formula is C28H32N2O6. The molecule has 2 heterocycles. The maximum atomic E-state index is 12.7. The van der Waals surface area contributed by atoms with E-state index in [9.17, 15) is 14.4 Å². The molecule has 0 radical (unpaired) electrons. The molecule has 1 N–H and O–H groups in total. The summed E-state index contributed by atoms with van der Waals surface area (Å²) in [5, 5.41) is 3.09. The highest BCUT2D eigenvalue weighted by Gasteiger charge is 2.31. The summed E-state index contributed by atoms with van der Waals surface area (Å²) in [6.45, 7) is 6.89. The van der Waals surface area contributed by atoms with Gasteiger partial charge in [0.05, 0.1) is 19.3 Å². The summed E-state index contributed by atoms with van der Waals surface area (Å²) < 4.78 is 16.3. The smallest absolute Gasteiger partial charge is 0.337 e. The molecule has 2 aromatic carbocycles. The van der Waals surface area contributed by atoms with Gasteiger partial charge < -0.3 is 24.4 Å². The minimum atomic E-state index is -0.423. The lowest BCUT2D eigenvalue weighted by atomic mass is 10.0. The first-order valence-electron chi connectivity index (χ1n) is 12.2. The van der Waals surface area contributed by atoms with Gasteiger partial charge in [-0.15, -0.1) is 0 Å². The molecule has 0 atom stereocenters. The number of esters is 1. The van der Waals surface area contributed by atoms with Gasteiger partial charge in [-0.2, -0.15) is 0 Å². The number of amides is 1. The highest BCUT2D eigenvalue weighted by Crippen LogP contribution is 2.38. The fourth-order valence-corrected chi connectivity index (χ4v) is 4.45. The molecular weight excluding hydrogens is 460 g/mol. The zero-order valence-corrected chi connectivity index (χ0v) is 21.0. The van der Waals surface area contributed by atoms with Crippen molar-refractivity contribution in [3.63, 3.8) is 0 Å². The van der Waals surface area contributed by atoms with E-state index in [1.807, 2.05) is 26.0 Å². The molecule has 0 aliphatic carbocycles. The van der Waals surface area contributed by atoms with Crippen LogP contribution in [0.5, 0.6) is 11.5 Å². The fraction of sp³-hybridized carbons (Fsp3) is 0.393. The Bertz CT molecular complexity index is 1160. The number of carbonyl (C=O) groups excluding carboxylic acids is 3.